The summed E-state index contributed by atoms with van der Waals surface area (Å²) in [6.45, 7) is 15.4. The molecule has 0 aliphatic carbocycles. The number of rotatable bonds is 8. The highest BCUT2D eigenvalue weighted by atomic mass is 15.3. The number of nitrogens with one attached hydrogen (secondary N) is 1. The van der Waals surface area contributed by atoms with E-state index >= 15 is 0 Å². The second-order valence-corrected chi connectivity index (χ2v) is 6.78. The normalized spacial score (nSPS) is 24.0. The molecule has 0 radical (unpaired) electrons. The molecule has 0 saturated carbocycles. The maximum absolute atomic E-state index is 3.80. The van der Waals surface area contributed by atoms with Gasteiger partial charge in [0, 0.05) is 24.7 Å². The van der Waals surface area contributed by atoms with Gasteiger partial charge < -0.3 is 5.32 Å². The molecule has 0 bridgehead atoms. The summed E-state index contributed by atoms with van der Waals surface area (Å²) in [6, 6.07) is 0.718. The van der Waals surface area contributed by atoms with Crippen LogP contribution in [0, 0.1) is 5.92 Å². The largest absolute Gasteiger partial charge is 0.311 e. The third-order valence-electron chi connectivity index (χ3n) is 4.99. The van der Waals surface area contributed by atoms with Crippen molar-refractivity contribution in [3.05, 3.63) is 0 Å². The predicted octanol–water partition coefficient (Wildman–Crippen LogP) is 4.06. The molecule has 1 unspecified atom stereocenters. The molecule has 1 atom stereocenters. The Labute approximate surface area is 121 Å². The monoisotopic (exact) mass is 268 g/mol. The zero-order chi connectivity index (χ0) is 14.3. The minimum Gasteiger partial charge on any atom is -0.311 e. The van der Waals surface area contributed by atoms with E-state index in [0.29, 0.717) is 5.54 Å². The number of piperazine rings is 1. The van der Waals surface area contributed by atoms with E-state index in [1.807, 2.05) is 0 Å². The quantitative estimate of drug-likeness (QED) is 0.714. The van der Waals surface area contributed by atoms with Crippen LogP contribution in [0.4, 0.5) is 0 Å². The Morgan fingerprint density at radius 1 is 1.21 bits per heavy atom. The zero-order valence-corrected chi connectivity index (χ0v) is 14.0. The van der Waals surface area contributed by atoms with Gasteiger partial charge in [-0.15, -0.1) is 0 Å². The van der Waals surface area contributed by atoms with Crippen LogP contribution in [0.2, 0.25) is 0 Å². The number of nitrogens with zero attached hydrogens (tertiary/aromatic N) is 1. The van der Waals surface area contributed by atoms with Crippen LogP contribution in [0.5, 0.6) is 0 Å². The molecule has 0 amide bonds. The molecule has 1 rings (SSSR count). The fourth-order valence-corrected chi connectivity index (χ4v) is 3.48. The van der Waals surface area contributed by atoms with Crippen molar-refractivity contribution in [2.24, 2.45) is 5.92 Å². The Bertz CT molecular complexity index is 233. The lowest BCUT2D eigenvalue weighted by molar-refractivity contribution is 0.0278. The van der Waals surface area contributed by atoms with E-state index in [0.717, 1.165) is 12.0 Å². The summed E-state index contributed by atoms with van der Waals surface area (Å²) < 4.78 is 0. The minimum atomic E-state index is 0.418. The average Bonchev–Trinajstić information content (AvgIpc) is 2.40. The number of hydrogen-bond acceptors (Lipinski definition) is 2. The molecule has 0 spiro atoms. The lowest BCUT2D eigenvalue weighted by Crippen LogP contribution is -2.64. The average molecular weight is 268 g/mol. The third kappa shape index (κ3) is 4.75. The number of hydrogen-bond donors (Lipinski definition) is 1. The Hall–Kier alpha value is -0.0800. The van der Waals surface area contributed by atoms with Gasteiger partial charge >= 0.3 is 0 Å². The Morgan fingerprint density at radius 3 is 2.42 bits per heavy atom. The lowest BCUT2D eigenvalue weighted by Gasteiger charge is -2.50. The summed E-state index contributed by atoms with van der Waals surface area (Å²) in [4.78, 5) is 2.81. The first-order valence-corrected chi connectivity index (χ1v) is 8.56. The van der Waals surface area contributed by atoms with Crippen molar-refractivity contribution in [1.82, 2.24) is 10.2 Å². The predicted molar refractivity (Wildman–Crippen MR) is 85.7 cm³/mol. The van der Waals surface area contributed by atoms with E-state index in [9.17, 15) is 0 Å². The van der Waals surface area contributed by atoms with Crippen LogP contribution in [0.3, 0.4) is 0 Å². The second-order valence-electron chi connectivity index (χ2n) is 6.78. The minimum absolute atomic E-state index is 0.418. The first-order valence-electron chi connectivity index (χ1n) is 8.56. The van der Waals surface area contributed by atoms with E-state index in [4.69, 9.17) is 0 Å². The van der Waals surface area contributed by atoms with E-state index in [2.05, 4.69) is 44.8 Å². The smallest absolute Gasteiger partial charge is 0.0329 e. The SMILES string of the molecule is CCCC1CN(CCCC(C)C)C(CC)(CC)CN1. The summed E-state index contributed by atoms with van der Waals surface area (Å²) in [6.07, 6.45) is 7.89. The fourth-order valence-electron chi connectivity index (χ4n) is 3.48. The van der Waals surface area contributed by atoms with E-state index < -0.39 is 0 Å². The third-order valence-corrected chi connectivity index (χ3v) is 4.99. The zero-order valence-electron chi connectivity index (χ0n) is 14.0. The summed E-state index contributed by atoms with van der Waals surface area (Å²) in [5, 5.41) is 3.80. The molecular formula is C17H36N2. The van der Waals surface area contributed by atoms with Crippen LogP contribution in [-0.4, -0.2) is 36.1 Å². The van der Waals surface area contributed by atoms with Gasteiger partial charge in [0.2, 0.25) is 0 Å². The van der Waals surface area contributed by atoms with Crippen LogP contribution in [0.15, 0.2) is 0 Å². The standard InChI is InChI=1S/C17H36N2/c1-6-10-16-13-19(12-9-11-15(4)5)17(7-2,8-3)14-18-16/h15-16,18H,6-14H2,1-5H3. The van der Waals surface area contributed by atoms with Crippen molar-refractivity contribution >= 4 is 0 Å². The summed E-state index contributed by atoms with van der Waals surface area (Å²) in [7, 11) is 0. The van der Waals surface area contributed by atoms with Crippen LogP contribution in [0.25, 0.3) is 0 Å². The summed E-state index contributed by atoms with van der Waals surface area (Å²) in [5.74, 6) is 0.840. The van der Waals surface area contributed by atoms with E-state index in [1.54, 1.807) is 0 Å². The molecule has 0 aromatic rings. The molecule has 2 heteroatoms. The molecule has 1 fully saturated rings. The van der Waals surface area contributed by atoms with Crippen molar-refractivity contribution in [2.45, 2.75) is 84.7 Å². The molecule has 0 aromatic heterocycles. The molecule has 1 N–H and O–H groups in total. The second kappa shape index (κ2) is 8.26. The van der Waals surface area contributed by atoms with Gasteiger partial charge in [-0.05, 0) is 44.6 Å². The van der Waals surface area contributed by atoms with Crippen molar-refractivity contribution in [3.8, 4) is 0 Å². The van der Waals surface area contributed by atoms with E-state index in [-0.39, 0.29) is 0 Å². The Kier molecular flexibility index (Phi) is 7.38. The van der Waals surface area contributed by atoms with Crippen molar-refractivity contribution in [3.63, 3.8) is 0 Å². The molecule has 2 nitrogen and oxygen atoms in total. The van der Waals surface area contributed by atoms with Crippen LogP contribution in [0.1, 0.15) is 73.1 Å². The van der Waals surface area contributed by atoms with Gasteiger partial charge in [0.1, 0.15) is 0 Å². The Morgan fingerprint density at radius 2 is 1.89 bits per heavy atom. The van der Waals surface area contributed by atoms with Gasteiger partial charge in [-0.1, -0.05) is 41.0 Å². The molecule has 1 aliphatic heterocycles. The van der Waals surface area contributed by atoms with Gasteiger partial charge in [0.05, 0.1) is 0 Å². The first kappa shape index (κ1) is 17.0. The molecule has 1 aliphatic rings. The van der Waals surface area contributed by atoms with Gasteiger partial charge in [-0.3, -0.25) is 4.90 Å². The molecular weight excluding hydrogens is 232 g/mol. The molecule has 114 valence electrons. The maximum Gasteiger partial charge on any atom is 0.0329 e. The topological polar surface area (TPSA) is 15.3 Å². The van der Waals surface area contributed by atoms with Crippen LogP contribution >= 0.6 is 0 Å². The Balaban J connectivity index is 2.59. The van der Waals surface area contributed by atoms with Crippen molar-refractivity contribution < 1.29 is 0 Å². The van der Waals surface area contributed by atoms with Gasteiger partial charge in [-0.2, -0.15) is 0 Å². The molecule has 1 saturated heterocycles. The maximum atomic E-state index is 3.80. The van der Waals surface area contributed by atoms with Gasteiger partial charge in [0.15, 0.2) is 0 Å². The van der Waals surface area contributed by atoms with Crippen LogP contribution < -0.4 is 5.32 Å². The van der Waals surface area contributed by atoms with Gasteiger partial charge in [-0.25, -0.2) is 0 Å². The molecule has 0 aromatic carbocycles. The first-order chi connectivity index (χ1) is 9.07. The lowest BCUT2D eigenvalue weighted by atomic mass is 9.86. The fraction of sp³-hybridized carbons (Fsp3) is 1.00. The highest BCUT2D eigenvalue weighted by Crippen LogP contribution is 2.28. The van der Waals surface area contributed by atoms with Crippen molar-refractivity contribution in [2.75, 3.05) is 19.6 Å². The van der Waals surface area contributed by atoms with Gasteiger partial charge in [0.25, 0.3) is 0 Å². The highest BCUT2D eigenvalue weighted by molar-refractivity contribution is 4.97. The summed E-state index contributed by atoms with van der Waals surface area (Å²) >= 11 is 0. The van der Waals surface area contributed by atoms with Crippen molar-refractivity contribution in [1.29, 1.82) is 0 Å². The molecule has 1 heterocycles. The van der Waals surface area contributed by atoms with E-state index in [1.165, 1.54) is 58.2 Å². The van der Waals surface area contributed by atoms with Crippen LogP contribution in [-0.2, 0) is 0 Å². The summed E-state index contributed by atoms with van der Waals surface area (Å²) in [5.41, 5.74) is 0.418. The highest BCUT2D eigenvalue weighted by Gasteiger charge is 2.37. The molecule has 19 heavy (non-hydrogen) atoms.